The second-order valence-electron chi connectivity index (χ2n) is 5.84. The van der Waals surface area contributed by atoms with Gasteiger partial charge >= 0.3 is 0 Å². The molecule has 2 heterocycles. The fraction of sp³-hybridized carbons (Fsp3) is 0.353. The van der Waals surface area contributed by atoms with E-state index >= 15 is 0 Å². The molecule has 0 bridgehead atoms. The number of benzene rings is 1. The van der Waals surface area contributed by atoms with Crippen molar-refractivity contribution in [1.29, 1.82) is 0 Å². The van der Waals surface area contributed by atoms with Crippen LogP contribution in [-0.4, -0.2) is 28.1 Å². The zero-order chi connectivity index (χ0) is 16.6. The van der Waals surface area contributed by atoms with E-state index in [9.17, 15) is 9.59 Å². The molecule has 3 rings (SSSR count). The number of carbonyl (C=O) groups excluding carboxylic acids is 2. The molecule has 2 amide bonds. The Bertz CT molecular complexity index is 779. The topological polar surface area (TPSA) is 76.0 Å². The lowest BCUT2D eigenvalue weighted by molar-refractivity contribution is -0.116. The Morgan fingerprint density at radius 1 is 1.39 bits per heavy atom. The first-order valence-electron chi connectivity index (χ1n) is 7.72. The molecule has 0 spiro atoms. The van der Waals surface area contributed by atoms with Gasteiger partial charge in [0.2, 0.25) is 5.91 Å². The highest BCUT2D eigenvalue weighted by Crippen LogP contribution is 2.32. The molecule has 1 atom stereocenters. The van der Waals surface area contributed by atoms with Crippen molar-refractivity contribution in [2.45, 2.75) is 26.2 Å². The smallest absolute Gasteiger partial charge is 0.269 e. The zero-order valence-electron chi connectivity index (χ0n) is 13.5. The standard InChI is InChI=1S/C17H20N4O2/c1-4-11-8-15(21(3)20-11)17(23)18-9-13-12-7-10(2)5-6-14(12)19-16(13)22/h5-8,13H,4,9H2,1-3H3,(H,18,23)(H,19,22). The van der Waals surface area contributed by atoms with Gasteiger partial charge in [-0.15, -0.1) is 0 Å². The molecular weight excluding hydrogens is 292 g/mol. The Kier molecular flexibility index (Phi) is 3.90. The summed E-state index contributed by atoms with van der Waals surface area (Å²) < 4.78 is 1.57. The Hall–Kier alpha value is -2.63. The minimum Gasteiger partial charge on any atom is -0.350 e. The van der Waals surface area contributed by atoms with Gasteiger partial charge in [0.05, 0.1) is 11.6 Å². The summed E-state index contributed by atoms with van der Waals surface area (Å²) in [5.41, 5.74) is 4.24. The molecule has 1 aliphatic heterocycles. The summed E-state index contributed by atoms with van der Waals surface area (Å²) in [6.07, 6.45) is 0.777. The Labute approximate surface area is 134 Å². The molecule has 6 heteroatoms. The van der Waals surface area contributed by atoms with E-state index in [0.29, 0.717) is 5.69 Å². The number of anilines is 1. The van der Waals surface area contributed by atoms with Gasteiger partial charge in [0.1, 0.15) is 5.69 Å². The lowest BCUT2D eigenvalue weighted by atomic mass is 9.99. The summed E-state index contributed by atoms with van der Waals surface area (Å²) in [7, 11) is 1.75. The van der Waals surface area contributed by atoms with E-state index in [1.54, 1.807) is 17.8 Å². The molecule has 1 aliphatic rings. The first-order valence-corrected chi connectivity index (χ1v) is 7.72. The molecule has 6 nitrogen and oxygen atoms in total. The van der Waals surface area contributed by atoms with Crippen LogP contribution in [0.15, 0.2) is 24.3 Å². The zero-order valence-corrected chi connectivity index (χ0v) is 13.5. The highest BCUT2D eigenvalue weighted by molar-refractivity contribution is 6.03. The lowest BCUT2D eigenvalue weighted by Gasteiger charge is -2.11. The third-order valence-electron chi connectivity index (χ3n) is 4.15. The number of amides is 2. The first kappa shape index (κ1) is 15.3. The van der Waals surface area contributed by atoms with E-state index in [2.05, 4.69) is 15.7 Å². The predicted molar refractivity (Wildman–Crippen MR) is 87.5 cm³/mol. The fourth-order valence-corrected chi connectivity index (χ4v) is 2.85. The van der Waals surface area contributed by atoms with Crippen LogP contribution in [0.25, 0.3) is 0 Å². The maximum atomic E-state index is 12.3. The van der Waals surface area contributed by atoms with Crippen LogP contribution in [0.4, 0.5) is 5.69 Å². The molecule has 0 saturated carbocycles. The molecule has 2 aromatic rings. The maximum Gasteiger partial charge on any atom is 0.269 e. The number of aryl methyl sites for hydroxylation is 3. The van der Waals surface area contributed by atoms with Crippen molar-refractivity contribution in [1.82, 2.24) is 15.1 Å². The molecule has 0 radical (unpaired) electrons. The van der Waals surface area contributed by atoms with Crippen molar-refractivity contribution >= 4 is 17.5 Å². The highest BCUT2D eigenvalue weighted by atomic mass is 16.2. The summed E-state index contributed by atoms with van der Waals surface area (Å²) in [5, 5.41) is 9.97. The fourth-order valence-electron chi connectivity index (χ4n) is 2.85. The Balaban J connectivity index is 1.73. The van der Waals surface area contributed by atoms with Gasteiger partial charge in [-0.2, -0.15) is 5.10 Å². The number of fused-ring (bicyclic) bond motifs is 1. The number of hydrogen-bond donors (Lipinski definition) is 2. The van der Waals surface area contributed by atoms with Crippen LogP contribution in [-0.2, 0) is 18.3 Å². The molecule has 0 fully saturated rings. The summed E-state index contributed by atoms with van der Waals surface area (Å²) in [5.74, 6) is -0.647. The van der Waals surface area contributed by atoms with Crippen LogP contribution in [0, 0.1) is 6.92 Å². The minimum absolute atomic E-state index is 0.0786. The van der Waals surface area contributed by atoms with E-state index in [4.69, 9.17) is 0 Å². The minimum atomic E-state index is -0.354. The number of aromatic nitrogens is 2. The van der Waals surface area contributed by atoms with Crippen LogP contribution >= 0.6 is 0 Å². The molecule has 1 unspecified atom stereocenters. The van der Waals surface area contributed by atoms with Crippen molar-refractivity contribution in [3.05, 3.63) is 46.8 Å². The monoisotopic (exact) mass is 312 g/mol. The van der Waals surface area contributed by atoms with Crippen molar-refractivity contribution in [3.63, 3.8) is 0 Å². The van der Waals surface area contributed by atoms with Gasteiger partial charge in [0, 0.05) is 19.3 Å². The van der Waals surface area contributed by atoms with E-state index in [-0.39, 0.29) is 24.3 Å². The second kappa shape index (κ2) is 5.87. The highest BCUT2D eigenvalue weighted by Gasteiger charge is 2.31. The van der Waals surface area contributed by atoms with Crippen molar-refractivity contribution in [2.75, 3.05) is 11.9 Å². The van der Waals surface area contributed by atoms with Crippen LogP contribution in [0.5, 0.6) is 0 Å². The molecule has 1 aromatic carbocycles. The van der Waals surface area contributed by atoms with Crippen LogP contribution in [0.2, 0.25) is 0 Å². The average molecular weight is 312 g/mol. The molecule has 0 saturated heterocycles. The molecular formula is C17H20N4O2. The van der Waals surface area contributed by atoms with Crippen molar-refractivity contribution < 1.29 is 9.59 Å². The maximum absolute atomic E-state index is 12.3. The molecule has 2 N–H and O–H groups in total. The summed E-state index contributed by atoms with van der Waals surface area (Å²) in [4.78, 5) is 24.5. The number of nitrogens with one attached hydrogen (secondary N) is 2. The quantitative estimate of drug-likeness (QED) is 0.903. The van der Waals surface area contributed by atoms with Crippen molar-refractivity contribution in [2.24, 2.45) is 7.05 Å². The van der Waals surface area contributed by atoms with E-state index in [0.717, 1.165) is 28.9 Å². The van der Waals surface area contributed by atoms with Gasteiger partial charge < -0.3 is 10.6 Å². The van der Waals surface area contributed by atoms with Gasteiger partial charge in [0.15, 0.2) is 0 Å². The van der Waals surface area contributed by atoms with E-state index in [1.807, 2.05) is 32.0 Å². The second-order valence-corrected chi connectivity index (χ2v) is 5.84. The van der Waals surface area contributed by atoms with Crippen LogP contribution in [0.3, 0.4) is 0 Å². The van der Waals surface area contributed by atoms with Crippen LogP contribution < -0.4 is 10.6 Å². The van der Waals surface area contributed by atoms with Gasteiger partial charge in [0.25, 0.3) is 5.91 Å². The third-order valence-corrected chi connectivity index (χ3v) is 4.15. The summed E-state index contributed by atoms with van der Waals surface area (Å²) >= 11 is 0. The number of carbonyl (C=O) groups is 2. The normalized spacial score (nSPS) is 16.1. The molecule has 120 valence electrons. The molecule has 0 aliphatic carbocycles. The van der Waals surface area contributed by atoms with E-state index < -0.39 is 0 Å². The van der Waals surface area contributed by atoms with Crippen molar-refractivity contribution in [3.8, 4) is 0 Å². The Morgan fingerprint density at radius 2 is 2.17 bits per heavy atom. The number of rotatable bonds is 4. The van der Waals surface area contributed by atoms with Gasteiger partial charge in [-0.05, 0) is 31.0 Å². The third kappa shape index (κ3) is 2.84. The lowest BCUT2D eigenvalue weighted by Crippen LogP contribution is -2.32. The predicted octanol–water partition coefficient (Wildman–Crippen LogP) is 1.76. The van der Waals surface area contributed by atoms with Gasteiger partial charge in [-0.3, -0.25) is 14.3 Å². The van der Waals surface area contributed by atoms with Crippen LogP contribution in [0.1, 0.15) is 40.2 Å². The Morgan fingerprint density at radius 3 is 2.87 bits per heavy atom. The average Bonchev–Trinajstić information content (AvgIpc) is 3.04. The first-order chi connectivity index (χ1) is 11.0. The van der Waals surface area contributed by atoms with Gasteiger partial charge in [-0.25, -0.2) is 0 Å². The largest absolute Gasteiger partial charge is 0.350 e. The summed E-state index contributed by atoms with van der Waals surface area (Å²) in [6, 6.07) is 7.63. The molecule has 1 aromatic heterocycles. The number of nitrogens with zero attached hydrogens (tertiary/aromatic N) is 2. The van der Waals surface area contributed by atoms with E-state index in [1.165, 1.54) is 0 Å². The van der Waals surface area contributed by atoms with Gasteiger partial charge in [-0.1, -0.05) is 24.6 Å². The SMILES string of the molecule is CCc1cc(C(=O)NCC2C(=O)Nc3ccc(C)cc32)n(C)n1. The number of hydrogen-bond acceptors (Lipinski definition) is 3. The summed E-state index contributed by atoms with van der Waals surface area (Å²) in [6.45, 7) is 4.25. The molecule has 23 heavy (non-hydrogen) atoms.